The molecule has 1 heterocycles. The summed E-state index contributed by atoms with van der Waals surface area (Å²) in [6.07, 6.45) is -2.61. The molecule has 1 fully saturated rings. The topological polar surface area (TPSA) is 21.3 Å². The van der Waals surface area contributed by atoms with Crippen LogP contribution in [0, 0.1) is 5.92 Å². The van der Waals surface area contributed by atoms with Crippen molar-refractivity contribution in [2.75, 3.05) is 19.8 Å². The van der Waals surface area contributed by atoms with E-state index in [1.165, 1.54) is 12.1 Å². The second-order valence-electron chi connectivity index (χ2n) is 5.22. The van der Waals surface area contributed by atoms with Crippen molar-refractivity contribution in [1.29, 1.82) is 0 Å². The standard InChI is InChI=1S/C15H19BrF3NO/c1-2-20-14(10-5-7-21-8-6-10)11-3-4-13(16)12(9-11)15(17,18)19/h3-4,9-10,14,20H,2,5-8H2,1H3. The third-order valence-corrected chi connectivity index (χ3v) is 4.51. The maximum absolute atomic E-state index is 13.0. The van der Waals surface area contributed by atoms with Crippen molar-refractivity contribution in [3.63, 3.8) is 0 Å². The summed E-state index contributed by atoms with van der Waals surface area (Å²) < 4.78 is 44.6. The molecule has 0 amide bonds. The Morgan fingerprint density at radius 2 is 2.00 bits per heavy atom. The van der Waals surface area contributed by atoms with Crippen LogP contribution in [-0.4, -0.2) is 19.8 Å². The Balaban J connectivity index is 2.31. The van der Waals surface area contributed by atoms with Gasteiger partial charge in [-0.05, 0) is 43.0 Å². The highest BCUT2D eigenvalue weighted by atomic mass is 79.9. The number of hydrogen-bond donors (Lipinski definition) is 1. The fourth-order valence-electron chi connectivity index (χ4n) is 2.78. The molecule has 0 aliphatic carbocycles. The Labute approximate surface area is 131 Å². The van der Waals surface area contributed by atoms with E-state index in [-0.39, 0.29) is 10.5 Å². The molecule has 1 aliphatic heterocycles. The van der Waals surface area contributed by atoms with Gasteiger partial charge in [-0.1, -0.05) is 28.9 Å². The summed E-state index contributed by atoms with van der Waals surface area (Å²) in [6.45, 7) is 4.04. The quantitative estimate of drug-likeness (QED) is 0.845. The normalized spacial score (nSPS) is 18.7. The lowest BCUT2D eigenvalue weighted by Crippen LogP contribution is -2.32. The van der Waals surface area contributed by atoms with E-state index in [0.29, 0.717) is 24.7 Å². The fourth-order valence-corrected chi connectivity index (χ4v) is 3.25. The van der Waals surface area contributed by atoms with Crippen molar-refractivity contribution in [2.45, 2.75) is 32.0 Å². The Hall–Kier alpha value is -0.590. The van der Waals surface area contributed by atoms with Gasteiger partial charge >= 0.3 is 6.18 Å². The molecule has 1 atom stereocenters. The summed E-state index contributed by atoms with van der Waals surface area (Å²) in [6, 6.07) is 4.45. The number of alkyl halides is 3. The van der Waals surface area contributed by atoms with Crippen molar-refractivity contribution in [1.82, 2.24) is 5.32 Å². The SMILES string of the molecule is CCNC(c1ccc(Br)c(C(F)(F)F)c1)C1CCOCC1. The van der Waals surface area contributed by atoms with E-state index in [1.54, 1.807) is 6.07 Å². The van der Waals surface area contributed by atoms with Crippen LogP contribution in [0.1, 0.15) is 36.9 Å². The summed E-state index contributed by atoms with van der Waals surface area (Å²) >= 11 is 2.99. The van der Waals surface area contributed by atoms with Gasteiger partial charge < -0.3 is 10.1 Å². The third-order valence-electron chi connectivity index (χ3n) is 3.82. The summed E-state index contributed by atoms with van der Waals surface area (Å²) in [7, 11) is 0. The molecule has 1 aliphatic rings. The zero-order valence-electron chi connectivity index (χ0n) is 11.8. The maximum Gasteiger partial charge on any atom is 0.417 e. The van der Waals surface area contributed by atoms with E-state index in [0.717, 1.165) is 19.4 Å². The number of rotatable bonds is 4. The molecule has 118 valence electrons. The van der Waals surface area contributed by atoms with E-state index in [4.69, 9.17) is 4.74 Å². The molecule has 1 aromatic carbocycles. The first kappa shape index (κ1) is 16.8. The van der Waals surface area contributed by atoms with Gasteiger partial charge in [-0.3, -0.25) is 0 Å². The third kappa shape index (κ3) is 4.20. The van der Waals surface area contributed by atoms with Crippen LogP contribution in [0.4, 0.5) is 13.2 Å². The molecular weight excluding hydrogens is 347 g/mol. The molecule has 1 N–H and O–H groups in total. The minimum absolute atomic E-state index is 0.0619. The molecule has 0 bridgehead atoms. The van der Waals surface area contributed by atoms with Gasteiger partial charge in [-0.2, -0.15) is 13.2 Å². The minimum atomic E-state index is -4.35. The van der Waals surface area contributed by atoms with Gasteiger partial charge in [0, 0.05) is 23.7 Å². The Bertz CT molecular complexity index is 472. The van der Waals surface area contributed by atoms with Crippen molar-refractivity contribution in [3.05, 3.63) is 33.8 Å². The van der Waals surface area contributed by atoms with Crippen LogP contribution in [0.5, 0.6) is 0 Å². The van der Waals surface area contributed by atoms with Crippen LogP contribution in [0.15, 0.2) is 22.7 Å². The highest BCUT2D eigenvalue weighted by Crippen LogP contribution is 2.38. The zero-order valence-corrected chi connectivity index (χ0v) is 13.4. The van der Waals surface area contributed by atoms with Crippen molar-refractivity contribution < 1.29 is 17.9 Å². The number of nitrogens with one attached hydrogen (secondary N) is 1. The second-order valence-corrected chi connectivity index (χ2v) is 6.08. The van der Waals surface area contributed by atoms with Gasteiger partial charge in [0.1, 0.15) is 0 Å². The van der Waals surface area contributed by atoms with Crippen LogP contribution >= 0.6 is 15.9 Å². The molecule has 2 nitrogen and oxygen atoms in total. The number of halogens is 4. The van der Waals surface area contributed by atoms with Gasteiger partial charge in [0.2, 0.25) is 0 Å². The monoisotopic (exact) mass is 365 g/mol. The summed E-state index contributed by atoms with van der Waals surface area (Å²) in [5.41, 5.74) is 0.0780. The Morgan fingerprint density at radius 1 is 1.33 bits per heavy atom. The smallest absolute Gasteiger partial charge is 0.381 e. The Morgan fingerprint density at radius 3 is 2.57 bits per heavy atom. The van der Waals surface area contributed by atoms with Crippen LogP contribution in [0.3, 0.4) is 0 Å². The van der Waals surface area contributed by atoms with E-state index >= 15 is 0 Å². The molecule has 1 aromatic rings. The lowest BCUT2D eigenvalue weighted by Gasteiger charge is -2.31. The van der Waals surface area contributed by atoms with Crippen LogP contribution in [0.25, 0.3) is 0 Å². The molecule has 6 heteroatoms. The predicted molar refractivity (Wildman–Crippen MR) is 79.1 cm³/mol. The van der Waals surface area contributed by atoms with E-state index in [1.807, 2.05) is 6.92 Å². The second kappa shape index (κ2) is 7.11. The van der Waals surface area contributed by atoms with Crippen molar-refractivity contribution in [3.8, 4) is 0 Å². The summed E-state index contributed by atoms with van der Waals surface area (Å²) in [4.78, 5) is 0. The number of benzene rings is 1. The molecule has 2 rings (SSSR count). The van der Waals surface area contributed by atoms with E-state index in [9.17, 15) is 13.2 Å². The highest BCUT2D eigenvalue weighted by Gasteiger charge is 2.34. The number of hydrogen-bond acceptors (Lipinski definition) is 2. The van der Waals surface area contributed by atoms with Crippen molar-refractivity contribution in [2.24, 2.45) is 5.92 Å². The molecule has 0 aromatic heterocycles. The van der Waals surface area contributed by atoms with Crippen LogP contribution < -0.4 is 5.32 Å². The van der Waals surface area contributed by atoms with Crippen LogP contribution in [-0.2, 0) is 10.9 Å². The lowest BCUT2D eigenvalue weighted by atomic mass is 9.86. The molecule has 0 radical (unpaired) electrons. The molecule has 0 saturated carbocycles. The minimum Gasteiger partial charge on any atom is -0.381 e. The highest BCUT2D eigenvalue weighted by molar-refractivity contribution is 9.10. The average molecular weight is 366 g/mol. The van der Waals surface area contributed by atoms with Crippen molar-refractivity contribution >= 4 is 15.9 Å². The average Bonchev–Trinajstić information content (AvgIpc) is 2.45. The summed E-state index contributed by atoms with van der Waals surface area (Å²) in [5.74, 6) is 0.306. The van der Waals surface area contributed by atoms with Gasteiger partial charge in [-0.15, -0.1) is 0 Å². The lowest BCUT2D eigenvalue weighted by molar-refractivity contribution is -0.138. The van der Waals surface area contributed by atoms with E-state index in [2.05, 4.69) is 21.2 Å². The first-order chi connectivity index (χ1) is 9.93. The first-order valence-electron chi connectivity index (χ1n) is 7.11. The maximum atomic E-state index is 13.0. The van der Waals surface area contributed by atoms with Gasteiger partial charge in [0.15, 0.2) is 0 Å². The first-order valence-corrected chi connectivity index (χ1v) is 7.90. The molecule has 21 heavy (non-hydrogen) atoms. The zero-order chi connectivity index (χ0) is 15.5. The van der Waals surface area contributed by atoms with E-state index < -0.39 is 11.7 Å². The van der Waals surface area contributed by atoms with Gasteiger partial charge in [0.25, 0.3) is 0 Å². The predicted octanol–water partition coefficient (Wildman–Crippen LogP) is 4.55. The fraction of sp³-hybridized carbons (Fsp3) is 0.600. The largest absolute Gasteiger partial charge is 0.417 e. The van der Waals surface area contributed by atoms with Crippen LogP contribution in [0.2, 0.25) is 0 Å². The van der Waals surface area contributed by atoms with Gasteiger partial charge in [-0.25, -0.2) is 0 Å². The summed E-state index contributed by atoms with van der Waals surface area (Å²) in [5, 5.41) is 3.33. The molecule has 1 unspecified atom stereocenters. The Kier molecular flexibility index (Phi) is 5.68. The number of ether oxygens (including phenoxy) is 1. The van der Waals surface area contributed by atoms with Gasteiger partial charge in [0.05, 0.1) is 5.56 Å². The molecule has 0 spiro atoms. The molecular formula is C15H19BrF3NO. The molecule has 1 saturated heterocycles.